The second-order valence-corrected chi connectivity index (χ2v) is 9.47. The molecule has 8 heteroatoms. The molecule has 2 aromatic rings. The SMILES string of the molecule is CCCCCCCCCCCC(=O)Oc1cc(O)ccc1C(O)C=Cc1ccc(OC(C)=O)cc1OC(C)=O. The Morgan fingerprint density at radius 3 is 2.08 bits per heavy atom. The number of hydrogen-bond donors (Lipinski definition) is 2. The molecular weight excluding hydrogens is 500 g/mol. The number of benzene rings is 2. The van der Waals surface area contributed by atoms with Gasteiger partial charge in [0.15, 0.2) is 0 Å². The number of aliphatic hydroxyl groups is 1. The van der Waals surface area contributed by atoms with Crippen LogP contribution in [0, 0.1) is 0 Å². The molecule has 2 rings (SSSR count). The van der Waals surface area contributed by atoms with Crippen LogP contribution in [0.25, 0.3) is 6.08 Å². The molecule has 0 spiro atoms. The normalized spacial score (nSPS) is 11.8. The largest absolute Gasteiger partial charge is 0.508 e. The third-order valence-corrected chi connectivity index (χ3v) is 5.98. The molecule has 0 saturated carbocycles. The van der Waals surface area contributed by atoms with Crippen LogP contribution in [0.3, 0.4) is 0 Å². The molecule has 0 aliphatic carbocycles. The molecule has 0 amide bonds. The van der Waals surface area contributed by atoms with Crippen LogP contribution >= 0.6 is 0 Å². The number of carbonyl (C=O) groups is 3. The van der Waals surface area contributed by atoms with Crippen molar-refractivity contribution in [1.29, 1.82) is 0 Å². The molecule has 0 aromatic heterocycles. The van der Waals surface area contributed by atoms with Crippen molar-refractivity contribution in [3.63, 3.8) is 0 Å². The molecule has 0 bridgehead atoms. The van der Waals surface area contributed by atoms with Gasteiger partial charge in [-0.2, -0.15) is 0 Å². The number of unbranched alkanes of at least 4 members (excludes halogenated alkanes) is 8. The Balaban J connectivity index is 2.01. The summed E-state index contributed by atoms with van der Waals surface area (Å²) in [5.41, 5.74) is 0.734. The van der Waals surface area contributed by atoms with Crippen molar-refractivity contribution in [2.24, 2.45) is 0 Å². The number of carbonyl (C=O) groups excluding carboxylic acids is 3. The first kappa shape index (κ1) is 31.6. The maximum Gasteiger partial charge on any atom is 0.311 e. The molecule has 0 aliphatic heterocycles. The lowest BCUT2D eigenvalue weighted by Crippen LogP contribution is -2.10. The minimum atomic E-state index is -1.19. The Bertz CT molecular complexity index is 1120. The molecule has 1 atom stereocenters. The summed E-state index contributed by atoms with van der Waals surface area (Å²) in [6.07, 6.45) is 12.2. The van der Waals surface area contributed by atoms with Crippen LogP contribution in [-0.2, 0) is 14.4 Å². The summed E-state index contributed by atoms with van der Waals surface area (Å²) in [4.78, 5) is 35.2. The lowest BCUT2D eigenvalue weighted by atomic mass is 10.1. The van der Waals surface area contributed by atoms with Crippen molar-refractivity contribution in [2.75, 3.05) is 0 Å². The van der Waals surface area contributed by atoms with Crippen LogP contribution in [0.2, 0.25) is 0 Å². The van der Waals surface area contributed by atoms with E-state index in [9.17, 15) is 24.6 Å². The Hall–Kier alpha value is -3.65. The lowest BCUT2D eigenvalue weighted by molar-refractivity contribution is -0.135. The number of rotatable bonds is 16. The molecule has 2 N–H and O–H groups in total. The molecule has 0 heterocycles. The predicted molar refractivity (Wildman–Crippen MR) is 149 cm³/mol. The van der Waals surface area contributed by atoms with Gasteiger partial charge in [0.25, 0.3) is 0 Å². The second kappa shape index (κ2) is 17.0. The van der Waals surface area contributed by atoms with E-state index in [1.165, 1.54) is 94.9 Å². The van der Waals surface area contributed by atoms with Gasteiger partial charge in [0.05, 0.1) is 0 Å². The number of aliphatic hydroxyl groups excluding tert-OH is 1. The zero-order valence-corrected chi connectivity index (χ0v) is 23.1. The predicted octanol–water partition coefficient (Wildman–Crippen LogP) is 6.82. The summed E-state index contributed by atoms with van der Waals surface area (Å²) in [6, 6.07) is 8.65. The fourth-order valence-electron chi connectivity index (χ4n) is 4.03. The maximum absolute atomic E-state index is 12.5. The monoisotopic (exact) mass is 540 g/mol. The van der Waals surface area contributed by atoms with Gasteiger partial charge in [0, 0.05) is 43.5 Å². The zero-order chi connectivity index (χ0) is 28.6. The molecule has 39 heavy (non-hydrogen) atoms. The van der Waals surface area contributed by atoms with Gasteiger partial charge in [-0.1, -0.05) is 70.4 Å². The van der Waals surface area contributed by atoms with Crippen molar-refractivity contribution in [1.82, 2.24) is 0 Å². The molecule has 0 fully saturated rings. The van der Waals surface area contributed by atoms with Crippen LogP contribution in [-0.4, -0.2) is 28.1 Å². The topological polar surface area (TPSA) is 119 Å². The summed E-state index contributed by atoms with van der Waals surface area (Å²) in [5, 5.41) is 20.8. The summed E-state index contributed by atoms with van der Waals surface area (Å²) < 4.78 is 15.7. The highest BCUT2D eigenvalue weighted by Crippen LogP contribution is 2.32. The highest BCUT2D eigenvalue weighted by Gasteiger charge is 2.16. The first-order chi connectivity index (χ1) is 18.7. The van der Waals surface area contributed by atoms with E-state index >= 15 is 0 Å². The van der Waals surface area contributed by atoms with Crippen LogP contribution in [0.1, 0.15) is 102 Å². The summed E-state index contributed by atoms with van der Waals surface area (Å²) in [7, 11) is 0. The minimum Gasteiger partial charge on any atom is -0.508 e. The van der Waals surface area contributed by atoms with E-state index in [1.807, 2.05) is 0 Å². The van der Waals surface area contributed by atoms with Crippen molar-refractivity contribution >= 4 is 24.0 Å². The standard InChI is InChI=1S/C31H40O8/c1-4-5-6-7-8-9-10-11-12-13-31(36)39-30-20-25(34)16-18-27(30)28(35)19-15-24-14-17-26(37-22(2)32)21-29(24)38-23(3)33/h14-21,28,34-35H,4-13H2,1-3H3. The van der Waals surface area contributed by atoms with E-state index in [-0.39, 0.29) is 35.0 Å². The number of phenolic OH excluding ortho intramolecular Hbond substituents is 1. The van der Waals surface area contributed by atoms with Crippen LogP contribution in [0.5, 0.6) is 23.0 Å². The minimum absolute atomic E-state index is 0.0680. The van der Waals surface area contributed by atoms with E-state index < -0.39 is 24.0 Å². The van der Waals surface area contributed by atoms with Crippen LogP contribution in [0.15, 0.2) is 42.5 Å². The molecule has 0 saturated heterocycles. The highest BCUT2D eigenvalue weighted by atomic mass is 16.5. The maximum atomic E-state index is 12.5. The molecule has 0 aliphatic rings. The number of aromatic hydroxyl groups is 1. The number of esters is 3. The Kier molecular flexibility index (Phi) is 13.8. The zero-order valence-electron chi connectivity index (χ0n) is 23.1. The van der Waals surface area contributed by atoms with Gasteiger partial charge in [-0.3, -0.25) is 14.4 Å². The van der Waals surface area contributed by atoms with Gasteiger partial charge in [0.2, 0.25) is 0 Å². The van der Waals surface area contributed by atoms with E-state index in [0.29, 0.717) is 12.0 Å². The summed E-state index contributed by atoms with van der Waals surface area (Å²) in [6.45, 7) is 4.70. The van der Waals surface area contributed by atoms with E-state index in [0.717, 1.165) is 12.8 Å². The molecule has 1 unspecified atom stereocenters. The quantitative estimate of drug-likeness (QED) is 0.135. The smallest absolute Gasteiger partial charge is 0.311 e. The van der Waals surface area contributed by atoms with Gasteiger partial charge in [-0.15, -0.1) is 0 Å². The Morgan fingerprint density at radius 1 is 0.795 bits per heavy atom. The second-order valence-electron chi connectivity index (χ2n) is 9.47. The molecule has 2 aromatic carbocycles. The molecule has 0 radical (unpaired) electrons. The average Bonchev–Trinajstić information content (AvgIpc) is 2.86. The molecular formula is C31H40O8. The summed E-state index contributed by atoms with van der Waals surface area (Å²) >= 11 is 0. The van der Waals surface area contributed by atoms with Gasteiger partial charge < -0.3 is 24.4 Å². The van der Waals surface area contributed by atoms with Crippen LogP contribution < -0.4 is 14.2 Å². The number of hydrogen-bond acceptors (Lipinski definition) is 8. The van der Waals surface area contributed by atoms with Crippen molar-refractivity contribution in [2.45, 2.75) is 91.1 Å². The van der Waals surface area contributed by atoms with E-state index in [2.05, 4.69) is 6.92 Å². The fourth-order valence-corrected chi connectivity index (χ4v) is 4.03. The lowest BCUT2D eigenvalue weighted by Gasteiger charge is -2.14. The van der Waals surface area contributed by atoms with Crippen LogP contribution in [0.4, 0.5) is 0 Å². The number of phenols is 1. The van der Waals surface area contributed by atoms with E-state index in [1.54, 1.807) is 6.07 Å². The molecule has 8 nitrogen and oxygen atoms in total. The van der Waals surface area contributed by atoms with Gasteiger partial charge >= 0.3 is 17.9 Å². The first-order valence-corrected chi connectivity index (χ1v) is 13.6. The highest BCUT2D eigenvalue weighted by molar-refractivity contribution is 5.74. The molecule has 212 valence electrons. The summed E-state index contributed by atoms with van der Waals surface area (Å²) in [5.74, 6) is -1.20. The van der Waals surface area contributed by atoms with Gasteiger partial charge in [-0.05, 0) is 30.7 Å². The first-order valence-electron chi connectivity index (χ1n) is 13.6. The van der Waals surface area contributed by atoms with Crippen molar-refractivity contribution < 1.29 is 38.8 Å². The third kappa shape index (κ3) is 12.2. The number of ether oxygens (including phenoxy) is 3. The van der Waals surface area contributed by atoms with Crippen molar-refractivity contribution in [3.8, 4) is 23.0 Å². The van der Waals surface area contributed by atoms with E-state index in [4.69, 9.17) is 14.2 Å². The average molecular weight is 541 g/mol. The Labute approximate surface area is 230 Å². The van der Waals surface area contributed by atoms with Crippen molar-refractivity contribution in [3.05, 3.63) is 53.6 Å². The third-order valence-electron chi connectivity index (χ3n) is 5.98. The Morgan fingerprint density at radius 2 is 1.44 bits per heavy atom. The van der Waals surface area contributed by atoms with Gasteiger partial charge in [-0.25, -0.2) is 0 Å². The fraction of sp³-hybridized carbons (Fsp3) is 0.452. The van der Waals surface area contributed by atoms with Gasteiger partial charge in [0.1, 0.15) is 29.1 Å².